The summed E-state index contributed by atoms with van der Waals surface area (Å²) in [6, 6.07) is 9.92. The largest absolute Gasteiger partial charge is 0.375 e. The van der Waals surface area contributed by atoms with Crippen LogP contribution in [0, 0.1) is 6.92 Å². The van der Waals surface area contributed by atoms with Crippen molar-refractivity contribution in [1.29, 1.82) is 0 Å². The topological polar surface area (TPSA) is 111 Å². The van der Waals surface area contributed by atoms with Crippen LogP contribution in [-0.2, 0) is 6.42 Å². The molecule has 0 saturated heterocycles. The minimum atomic E-state index is 0.575. The van der Waals surface area contributed by atoms with Gasteiger partial charge in [0.1, 0.15) is 11.5 Å². The van der Waals surface area contributed by atoms with E-state index in [2.05, 4.69) is 36.3 Å². The van der Waals surface area contributed by atoms with Gasteiger partial charge >= 0.3 is 0 Å². The zero-order valence-corrected chi connectivity index (χ0v) is 14.7. The van der Waals surface area contributed by atoms with Gasteiger partial charge in [-0.25, -0.2) is 9.97 Å². The molecule has 0 atom stereocenters. The number of imidazole rings is 1. The number of nitrogens with zero attached hydrogens (tertiary/aromatic N) is 6. The third-order valence-electron chi connectivity index (χ3n) is 4.14. The number of hydrogen-bond acceptors (Lipinski definition) is 7. The minimum Gasteiger partial charge on any atom is -0.375 e. The fraction of sp³-hybridized carbons (Fsp3) is 0.118. The van der Waals surface area contributed by atoms with Crippen LogP contribution in [0.4, 0.5) is 5.13 Å². The lowest BCUT2D eigenvalue weighted by molar-refractivity contribution is 0.841. The monoisotopic (exact) mass is 362 g/mol. The highest BCUT2D eigenvalue weighted by Gasteiger charge is 2.11. The molecule has 9 heteroatoms. The summed E-state index contributed by atoms with van der Waals surface area (Å²) >= 11 is 1.48. The Bertz CT molecular complexity index is 1250. The van der Waals surface area contributed by atoms with E-state index in [0.29, 0.717) is 17.2 Å². The average Bonchev–Trinajstić information content (AvgIpc) is 3.32. The maximum Gasteiger partial charge on any atom is 0.181 e. The minimum absolute atomic E-state index is 0.575. The molecule has 5 aromatic rings. The molecule has 0 aliphatic rings. The van der Waals surface area contributed by atoms with Crippen molar-refractivity contribution in [1.82, 2.24) is 34.8 Å². The van der Waals surface area contributed by atoms with Crippen molar-refractivity contribution in [3.8, 4) is 11.4 Å². The fourth-order valence-corrected chi connectivity index (χ4v) is 3.72. The summed E-state index contributed by atoms with van der Waals surface area (Å²) in [6.45, 7) is 1.91. The average molecular weight is 362 g/mol. The van der Waals surface area contributed by atoms with Crippen LogP contribution in [0.25, 0.3) is 27.3 Å². The van der Waals surface area contributed by atoms with Gasteiger partial charge in [0.2, 0.25) is 0 Å². The van der Waals surface area contributed by atoms with E-state index >= 15 is 0 Å². The smallest absolute Gasteiger partial charge is 0.181 e. The predicted octanol–water partition coefficient (Wildman–Crippen LogP) is 2.61. The van der Waals surface area contributed by atoms with E-state index < -0.39 is 0 Å². The SMILES string of the molecule is Cc1ncc(-c2ccc3nnc(Cc4ccc5nc(N)sc5c4)n3n2)[nH]1. The number of aromatic amines is 1. The summed E-state index contributed by atoms with van der Waals surface area (Å²) in [7, 11) is 0. The Balaban J connectivity index is 1.55. The quantitative estimate of drug-likeness (QED) is 0.510. The number of hydrogen-bond donors (Lipinski definition) is 2. The van der Waals surface area contributed by atoms with Crippen LogP contribution in [0.3, 0.4) is 0 Å². The molecular formula is C17H14N8S. The number of nitrogens with two attached hydrogens (primary N) is 1. The molecule has 1 aromatic carbocycles. The Morgan fingerprint density at radius 3 is 2.96 bits per heavy atom. The van der Waals surface area contributed by atoms with Crippen LogP contribution in [0.2, 0.25) is 0 Å². The van der Waals surface area contributed by atoms with Crippen LogP contribution in [0.1, 0.15) is 17.2 Å². The molecule has 0 saturated carbocycles. The lowest BCUT2D eigenvalue weighted by atomic mass is 10.1. The van der Waals surface area contributed by atoms with Crippen molar-refractivity contribution >= 4 is 32.3 Å². The molecule has 3 N–H and O–H groups in total. The Labute approximate surface area is 151 Å². The number of thiazole rings is 1. The van der Waals surface area contributed by atoms with E-state index in [9.17, 15) is 0 Å². The van der Waals surface area contributed by atoms with E-state index in [1.54, 1.807) is 10.7 Å². The molecule has 4 heterocycles. The molecule has 8 nitrogen and oxygen atoms in total. The third-order valence-corrected chi connectivity index (χ3v) is 4.99. The van der Waals surface area contributed by atoms with Gasteiger partial charge in [0.15, 0.2) is 16.6 Å². The van der Waals surface area contributed by atoms with Gasteiger partial charge in [-0.15, -0.1) is 10.2 Å². The number of benzene rings is 1. The Kier molecular flexibility index (Phi) is 3.22. The van der Waals surface area contributed by atoms with Crippen LogP contribution in [0.15, 0.2) is 36.5 Å². The van der Waals surface area contributed by atoms with E-state index in [1.807, 2.05) is 31.2 Å². The van der Waals surface area contributed by atoms with E-state index in [0.717, 1.165) is 38.8 Å². The van der Waals surface area contributed by atoms with Gasteiger partial charge < -0.3 is 10.7 Å². The van der Waals surface area contributed by atoms with Gasteiger partial charge in [-0.2, -0.15) is 9.61 Å². The van der Waals surface area contributed by atoms with E-state index in [4.69, 9.17) is 5.73 Å². The first-order chi connectivity index (χ1) is 12.7. The van der Waals surface area contributed by atoms with Crippen molar-refractivity contribution in [3.05, 3.63) is 53.7 Å². The van der Waals surface area contributed by atoms with Crippen LogP contribution in [0.5, 0.6) is 0 Å². The lowest BCUT2D eigenvalue weighted by Gasteiger charge is -2.02. The molecule has 0 bridgehead atoms. The van der Waals surface area contributed by atoms with E-state index in [1.165, 1.54) is 11.3 Å². The highest BCUT2D eigenvalue weighted by Crippen LogP contribution is 2.25. The molecule has 0 fully saturated rings. The van der Waals surface area contributed by atoms with Crippen molar-refractivity contribution in [2.24, 2.45) is 0 Å². The standard InChI is InChI=1S/C17H14N8S/c1-9-19-8-13(20-9)11-4-5-15-22-23-16(25(15)24-11)7-10-2-3-12-14(6-10)26-17(18)21-12/h2-6,8H,7H2,1H3,(H2,18,21)(H,19,20). The second-order valence-corrected chi connectivity index (χ2v) is 7.08. The van der Waals surface area contributed by atoms with Gasteiger partial charge in [0.05, 0.1) is 22.1 Å². The number of aryl methyl sites for hydroxylation is 1. The molecule has 0 unspecified atom stereocenters. The number of fused-ring (bicyclic) bond motifs is 2. The van der Waals surface area contributed by atoms with Crippen molar-refractivity contribution < 1.29 is 0 Å². The van der Waals surface area contributed by atoms with Crippen LogP contribution in [-0.4, -0.2) is 34.8 Å². The molecule has 5 rings (SSSR count). The highest BCUT2D eigenvalue weighted by atomic mass is 32.1. The van der Waals surface area contributed by atoms with Crippen molar-refractivity contribution in [2.75, 3.05) is 5.73 Å². The van der Waals surface area contributed by atoms with E-state index in [-0.39, 0.29) is 0 Å². The summed E-state index contributed by atoms with van der Waals surface area (Å²) < 4.78 is 2.84. The molecule has 0 radical (unpaired) electrons. The summed E-state index contributed by atoms with van der Waals surface area (Å²) in [6.07, 6.45) is 2.39. The molecule has 0 aliphatic heterocycles. The molecular weight excluding hydrogens is 348 g/mol. The van der Waals surface area contributed by atoms with Crippen LogP contribution >= 0.6 is 11.3 Å². The number of anilines is 1. The van der Waals surface area contributed by atoms with Gasteiger partial charge in [-0.05, 0) is 36.8 Å². The van der Waals surface area contributed by atoms with Crippen LogP contribution < -0.4 is 5.73 Å². The summed E-state index contributed by atoms with van der Waals surface area (Å²) in [5, 5.41) is 13.8. The Morgan fingerprint density at radius 1 is 1.19 bits per heavy atom. The van der Waals surface area contributed by atoms with Crippen molar-refractivity contribution in [3.63, 3.8) is 0 Å². The molecule has 0 aliphatic carbocycles. The second-order valence-electron chi connectivity index (χ2n) is 6.02. The molecule has 0 amide bonds. The summed E-state index contributed by atoms with van der Waals surface area (Å²) in [4.78, 5) is 11.7. The van der Waals surface area contributed by atoms with Gasteiger partial charge in [-0.1, -0.05) is 17.4 Å². The zero-order valence-electron chi connectivity index (χ0n) is 13.8. The first-order valence-electron chi connectivity index (χ1n) is 8.04. The third kappa shape index (κ3) is 2.49. The summed E-state index contributed by atoms with van der Waals surface area (Å²) in [5.41, 5.74) is 10.2. The second kappa shape index (κ2) is 5.60. The number of H-pyrrole nitrogens is 1. The number of nitrogens with one attached hydrogen (secondary N) is 1. The molecule has 4 aromatic heterocycles. The molecule has 26 heavy (non-hydrogen) atoms. The zero-order chi connectivity index (χ0) is 17.7. The molecule has 128 valence electrons. The first kappa shape index (κ1) is 15.0. The molecule has 0 spiro atoms. The first-order valence-corrected chi connectivity index (χ1v) is 8.85. The van der Waals surface area contributed by atoms with Gasteiger partial charge in [0.25, 0.3) is 0 Å². The van der Waals surface area contributed by atoms with Gasteiger partial charge in [-0.3, -0.25) is 0 Å². The Hall–Kier alpha value is -3.33. The summed E-state index contributed by atoms with van der Waals surface area (Å²) in [5.74, 6) is 1.62. The maximum atomic E-state index is 5.79. The predicted molar refractivity (Wildman–Crippen MR) is 99.9 cm³/mol. The Morgan fingerprint density at radius 2 is 2.12 bits per heavy atom. The fourth-order valence-electron chi connectivity index (χ4n) is 2.92. The normalized spacial score (nSPS) is 11.6. The van der Waals surface area contributed by atoms with Crippen molar-refractivity contribution in [2.45, 2.75) is 13.3 Å². The van der Waals surface area contributed by atoms with Gasteiger partial charge in [0, 0.05) is 6.42 Å². The number of nitrogen functional groups attached to an aromatic ring is 1. The maximum absolute atomic E-state index is 5.79. The lowest BCUT2D eigenvalue weighted by Crippen LogP contribution is -2.01. The number of aromatic nitrogens is 7. The highest BCUT2D eigenvalue weighted by molar-refractivity contribution is 7.22. The number of rotatable bonds is 3.